The van der Waals surface area contributed by atoms with E-state index in [0.29, 0.717) is 23.3 Å². The zero-order chi connectivity index (χ0) is 19.2. The van der Waals surface area contributed by atoms with E-state index in [-0.39, 0.29) is 11.7 Å². The van der Waals surface area contributed by atoms with E-state index in [9.17, 15) is 9.59 Å². The summed E-state index contributed by atoms with van der Waals surface area (Å²) in [6, 6.07) is 1.91. The van der Waals surface area contributed by atoms with Crippen molar-refractivity contribution in [3.8, 4) is 5.75 Å². The average molecular weight is 344 g/mol. The lowest BCUT2D eigenvalue weighted by Crippen LogP contribution is -2.36. The summed E-state index contributed by atoms with van der Waals surface area (Å²) in [5.74, 6) is 0.947. The summed E-state index contributed by atoms with van der Waals surface area (Å²) in [5.41, 5.74) is 2.50. The molecule has 0 saturated heterocycles. The van der Waals surface area contributed by atoms with E-state index in [2.05, 4.69) is 12.2 Å². The van der Waals surface area contributed by atoms with Crippen LogP contribution >= 0.6 is 0 Å². The third-order valence-corrected chi connectivity index (χ3v) is 4.40. The van der Waals surface area contributed by atoms with Gasteiger partial charge in [-0.25, -0.2) is 0 Å². The second kappa shape index (κ2) is 8.98. The second-order valence-electron chi connectivity index (χ2n) is 6.57. The summed E-state index contributed by atoms with van der Waals surface area (Å²) in [7, 11) is 0. The van der Waals surface area contributed by atoms with Crippen molar-refractivity contribution in [2.45, 2.75) is 79.2 Å². The minimum absolute atomic E-state index is 0.0652. The molecule has 1 atom stereocenters. The van der Waals surface area contributed by atoms with E-state index in [1.165, 1.54) is 0 Å². The molecule has 0 bridgehead atoms. The third-order valence-electron chi connectivity index (χ3n) is 4.40. The van der Waals surface area contributed by atoms with Gasteiger partial charge in [0.2, 0.25) is 0 Å². The van der Waals surface area contributed by atoms with Crippen molar-refractivity contribution in [3.05, 3.63) is 40.5 Å². The van der Waals surface area contributed by atoms with Gasteiger partial charge in [0.05, 0.1) is 12.0 Å². The summed E-state index contributed by atoms with van der Waals surface area (Å²) in [6.07, 6.45) is 7.56. The number of allylic oxidation sites excluding steroid dienone is 2. The maximum atomic E-state index is 12.4. The van der Waals surface area contributed by atoms with Crippen LogP contribution in [0.4, 0.5) is 0 Å². The highest BCUT2D eigenvalue weighted by molar-refractivity contribution is 6.03. The Hall–Kier alpha value is -1.90. The van der Waals surface area contributed by atoms with Gasteiger partial charge in [0.15, 0.2) is 12.1 Å². The first-order valence-electron chi connectivity index (χ1n) is 9.44. The van der Waals surface area contributed by atoms with Gasteiger partial charge in [0, 0.05) is 11.5 Å². The van der Waals surface area contributed by atoms with Gasteiger partial charge in [-0.2, -0.15) is 0 Å². The fourth-order valence-electron chi connectivity index (χ4n) is 3.42. The van der Waals surface area contributed by atoms with E-state index in [4.69, 9.17) is 4.74 Å². The number of hydrogen-bond acceptors (Lipinski definition) is 3. The number of rotatable bonds is 2. The zero-order valence-electron chi connectivity index (χ0n) is 16.7. The monoisotopic (exact) mass is 344 g/mol. The lowest BCUT2D eigenvalue weighted by atomic mass is 9.84. The van der Waals surface area contributed by atoms with Crippen molar-refractivity contribution in [1.29, 1.82) is 0 Å². The Balaban J connectivity index is 0.000000730. The van der Waals surface area contributed by atoms with Gasteiger partial charge >= 0.3 is 0 Å². The molecule has 1 aliphatic heterocycles. The normalized spacial score (nSPS) is 19.6. The standard InChI is InChI=1S/C18H20O3.2C2H6/c1-11-14(10-19)13(12-6-4-5-7-12)8-16-17(11)15(20)9-18(2,3)21-16;2*1-2/h4,6,8,10,12H,5,7,9H2,1-3H3;2*1-2H3. The molecule has 0 fully saturated rings. The summed E-state index contributed by atoms with van der Waals surface area (Å²) in [6.45, 7) is 13.7. The van der Waals surface area contributed by atoms with Crippen LogP contribution in [0.3, 0.4) is 0 Å². The van der Waals surface area contributed by atoms with Gasteiger partial charge in [0.1, 0.15) is 11.4 Å². The van der Waals surface area contributed by atoms with Crippen molar-refractivity contribution < 1.29 is 14.3 Å². The molecule has 0 radical (unpaired) electrons. The highest BCUT2D eigenvalue weighted by Gasteiger charge is 2.35. The molecule has 0 saturated carbocycles. The zero-order valence-corrected chi connectivity index (χ0v) is 16.7. The highest BCUT2D eigenvalue weighted by Crippen LogP contribution is 2.41. The van der Waals surface area contributed by atoms with Gasteiger partial charge in [-0.15, -0.1) is 0 Å². The Morgan fingerprint density at radius 1 is 1.20 bits per heavy atom. The van der Waals surface area contributed by atoms with Crippen LogP contribution in [0.5, 0.6) is 5.75 Å². The number of ketones is 1. The molecule has 1 aliphatic carbocycles. The molecule has 3 heteroatoms. The van der Waals surface area contributed by atoms with Crippen LogP contribution in [0, 0.1) is 6.92 Å². The number of hydrogen-bond donors (Lipinski definition) is 0. The molecule has 1 heterocycles. The van der Waals surface area contributed by atoms with Gasteiger partial charge in [-0.3, -0.25) is 9.59 Å². The molecule has 2 aliphatic rings. The smallest absolute Gasteiger partial charge is 0.170 e. The van der Waals surface area contributed by atoms with E-state index in [1.54, 1.807) is 0 Å². The SMILES string of the molecule is CC.CC.Cc1c(C=O)c(C2C=CCC2)cc2c1C(=O)CC(C)(C)O2. The molecule has 1 unspecified atom stereocenters. The Kier molecular flexibility index (Phi) is 7.60. The first kappa shape index (κ1) is 21.1. The Bertz CT molecular complexity index is 654. The molecule has 25 heavy (non-hydrogen) atoms. The van der Waals surface area contributed by atoms with E-state index < -0.39 is 5.60 Å². The molecule has 3 rings (SSSR count). The summed E-state index contributed by atoms with van der Waals surface area (Å²) in [4.78, 5) is 24.0. The van der Waals surface area contributed by atoms with Crippen molar-refractivity contribution in [1.82, 2.24) is 0 Å². The number of ether oxygens (including phenoxy) is 1. The Morgan fingerprint density at radius 2 is 1.84 bits per heavy atom. The largest absolute Gasteiger partial charge is 0.487 e. The molecule has 3 nitrogen and oxygen atoms in total. The fraction of sp³-hybridized carbons (Fsp3) is 0.545. The van der Waals surface area contributed by atoms with E-state index >= 15 is 0 Å². The maximum Gasteiger partial charge on any atom is 0.170 e. The average Bonchev–Trinajstić information content (AvgIpc) is 3.11. The van der Waals surface area contributed by atoms with Gasteiger partial charge in [0.25, 0.3) is 0 Å². The predicted octanol–water partition coefficient (Wildman–Crippen LogP) is 6.04. The second-order valence-corrected chi connectivity index (χ2v) is 6.57. The quantitative estimate of drug-likeness (QED) is 0.485. The van der Waals surface area contributed by atoms with Crippen LogP contribution in [0.1, 0.15) is 98.6 Å². The van der Waals surface area contributed by atoms with E-state index in [0.717, 1.165) is 30.3 Å². The fourth-order valence-corrected chi connectivity index (χ4v) is 3.42. The number of aldehydes is 1. The molecule has 0 spiro atoms. The van der Waals surface area contributed by atoms with Crippen LogP contribution in [-0.2, 0) is 0 Å². The van der Waals surface area contributed by atoms with Crippen molar-refractivity contribution in [3.63, 3.8) is 0 Å². The lowest BCUT2D eigenvalue weighted by Gasteiger charge is -2.33. The molecule has 138 valence electrons. The van der Waals surface area contributed by atoms with Crippen LogP contribution < -0.4 is 4.74 Å². The van der Waals surface area contributed by atoms with Crippen molar-refractivity contribution in [2.75, 3.05) is 0 Å². The number of benzene rings is 1. The molecule has 1 aromatic rings. The van der Waals surface area contributed by atoms with Crippen LogP contribution in [0.2, 0.25) is 0 Å². The van der Waals surface area contributed by atoms with Crippen LogP contribution in [0.25, 0.3) is 0 Å². The van der Waals surface area contributed by atoms with Gasteiger partial charge < -0.3 is 4.74 Å². The summed E-state index contributed by atoms with van der Waals surface area (Å²) in [5, 5.41) is 0. The molecule has 0 N–H and O–H groups in total. The minimum atomic E-state index is -0.484. The van der Waals surface area contributed by atoms with Gasteiger partial charge in [-0.1, -0.05) is 39.8 Å². The third kappa shape index (κ3) is 4.39. The van der Waals surface area contributed by atoms with Crippen LogP contribution in [-0.4, -0.2) is 17.7 Å². The number of Topliss-reactive ketones (excluding diaryl/α,β-unsaturated/α-hetero) is 1. The highest BCUT2D eigenvalue weighted by atomic mass is 16.5. The topological polar surface area (TPSA) is 43.4 Å². The van der Waals surface area contributed by atoms with E-state index in [1.807, 2.05) is 54.5 Å². The van der Waals surface area contributed by atoms with Crippen LogP contribution in [0.15, 0.2) is 18.2 Å². The van der Waals surface area contributed by atoms with Crippen molar-refractivity contribution >= 4 is 12.1 Å². The number of fused-ring (bicyclic) bond motifs is 1. The number of carbonyl (C=O) groups is 2. The van der Waals surface area contributed by atoms with Gasteiger partial charge in [-0.05, 0) is 50.8 Å². The Morgan fingerprint density at radius 3 is 2.36 bits per heavy atom. The minimum Gasteiger partial charge on any atom is -0.487 e. The molecule has 1 aromatic carbocycles. The summed E-state index contributed by atoms with van der Waals surface area (Å²) >= 11 is 0. The number of carbonyl (C=O) groups excluding carboxylic acids is 2. The molecule has 0 aromatic heterocycles. The first-order chi connectivity index (χ1) is 11.9. The Labute approximate surface area is 152 Å². The lowest BCUT2D eigenvalue weighted by molar-refractivity contribution is 0.0618. The van der Waals surface area contributed by atoms with Crippen molar-refractivity contribution in [2.24, 2.45) is 0 Å². The molecular weight excluding hydrogens is 312 g/mol. The first-order valence-corrected chi connectivity index (χ1v) is 9.44. The molecular formula is C22H32O3. The maximum absolute atomic E-state index is 12.4. The molecule has 0 amide bonds. The predicted molar refractivity (Wildman–Crippen MR) is 104 cm³/mol. The summed E-state index contributed by atoms with van der Waals surface area (Å²) < 4.78 is 6.01.